The fourth-order valence-electron chi connectivity index (χ4n) is 9.36. The average Bonchev–Trinajstić information content (AvgIpc) is 3.31. The first-order chi connectivity index (χ1) is 32.1. The van der Waals surface area contributed by atoms with Crippen LogP contribution in [-0.2, 0) is 23.7 Å². The number of amides is 1. The maximum atomic E-state index is 13.2. The Balaban J connectivity index is 1.78. The molecule has 9 N–H and O–H groups in total. The minimum atomic E-state index is -1.78. The number of aliphatic hydroxyl groups is 8. The maximum absolute atomic E-state index is 13.2. The number of hydrogen-bond donors (Lipinski definition) is 9. The number of aliphatic hydroxyl groups excluding tert-OH is 8. The zero-order chi connectivity index (χ0) is 48.2. The van der Waals surface area contributed by atoms with Crippen molar-refractivity contribution in [2.24, 2.45) is 0 Å². The monoisotopic (exact) mass is 948 g/mol. The molecule has 2 rings (SSSR count). The molecule has 0 unspecified atom stereocenters. The fourth-order valence-corrected chi connectivity index (χ4v) is 9.36. The molecule has 2 fully saturated rings. The van der Waals surface area contributed by atoms with E-state index in [1.165, 1.54) is 154 Å². The van der Waals surface area contributed by atoms with Crippen molar-refractivity contribution < 1.29 is 64.6 Å². The molecule has 2 aliphatic heterocycles. The van der Waals surface area contributed by atoms with Crippen LogP contribution in [0, 0.1) is 0 Å². The lowest BCUT2D eigenvalue weighted by Gasteiger charge is -2.46. The molecular formula is C52H101NO13. The first kappa shape index (κ1) is 61.1. The number of nitrogens with one attached hydrogen (secondary N) is 1. The quantitative estimate of drug-likeness (QED) is 0.0267. The van der Waals surface area contributed by atoms with E-state index in [0.29, 0.717) is 12.8 Å². The van der Waals surface area contributed by atoms with Crippen molar-refractivity contribution in [2.75, 3.05) is 19.8 Å². The molecular weight excluding hydrogens is 847 g/mol. The van der Waals surface area contributed by atoms with Gasteiger partial charge in [-0.2, -0.15) is 0 Å². The lowest BCUT2D eigenvalue weighted by Crippen LogP contribution is -2.65. The first-order valence-corrected chi connectivity index (χ1v) is 27.3. The van der Waals surface area contributed by atoms with Crippen molar-refractivity contribution in [3.8, 4) is 0 Å². The number of ether oxygens (including phenoxy) is 4. The molecule has 14 nitrogen and oxygen atoms in total. The molecule has 1 amide bonds. The maximum Gasteiger partial charge on any atom is 0.220 e. The summed E-state index contributed by atoms with van der Waals surface area (Å²) in [6.45, 7) is 2.87. The second-order valence-corrected chi connectivity index (χ2v) is 19.7. The molecule has 2 heterocycles. The van der Waals surface area contributed by atoms with Gasteiger partial charge >= 0.3 is 0 Å². The molecule has 0 radical (unpaired) electrons. The zero-order valence-corrected chi connectivity index (χ0v) is 41.7. The van der Waals surface area contributed by atoms with Gasteiger partial charge < -0.3 is 65.1 Å². The largest absolute Gasteiger partial charge is 0.394 e. The number of hydrogen-bond acceptors (Lipinski definition) is 13. The van der Waals surface area contributed by atoms with E-state index in [2.05, 4.69) is 19.2 Å². The van der Waals surface area contributed by atoms with E-state index in [-0.39, 0.29) is 12.5 Å². The van der Waals surface area contributed by atoms with E-state index in [4.69, 9.17) is 18.9 Å². The molecule has 0 aromatic carbocycles. The molecule has 0 saturated carbocycles. The average molecular weight is 948 g/mol. The lowest BCUT2D eigenvalue weighted by molar-refractivity contribution is -0.359. The van der Waals surface area contributed by atoms with E-state index < -0.39 is 86.8 Å². The lowest BCUT2D eigenvalue weighted by atomic mass is 9.97. The summed E-state index contributed by atoms with van der Waals surface area (Å²) >= 11 is 0. The van der Waals surface area contributed by atoms with Gasteiger partial charge in [0.2, 0.25) is 5.91 Å². The number of rotatable bonds is 43. The van der Waals surface area contributed by atoms with Gasteiger partial charge in [0, 0.05) is 6.42 Å². The second kappa shape index (κ2) is 39.7. The highest BCUT2D eigenvalue weighted by Gasteiger charge is 2.51. The van der Waals surface area contributed by atoms with Crippen molar-refractivity contribution >= 4 is 5.91 Å². The molecule has 12 atom stereocenters. The smallest absolute Gasteiger partial charge is 0.220 e. The van der Waals surface area contributed by atoms with E-state index in [0.717, 1.165) is 51.4 Å². The summed E-state index contributed by atoms with van der Waals surface area (Å²) in [7, 11) is 0. The van der Waals surface area contributed by atoms with Gasteiger partial charge in [-0.1, -0.05) is 213 Å². The molecule has 0 aromatic heterocycles. The van der Waals surface area contributed by atoms with Gasteiger partial charge in [0.05, 0.1) is 32.0 Å². The third kappa shape index (κ3) is 26.3. The molecule has 14 heteroatoms. The summed E-state index contributed by atoms with van der Waals surface area (Å²) in [5, 5.41) is 87.0. The van der Waals surface area contributed by atoms with Crippen LogP contribution in [0.1, 0.15) is 232 Å². The Morgan fingerprint density at radius 2 is 0.864 bits per heavy atom. The Morgan fingerprint density at radius 3 is 1.29 bits per heavy atom. The molecule has 392 valence electrons. The molecule has 2 saturated heterocycles. The van der Waals surface area contributed by atoms with E-state index in [9.17, 15) is 45.6 Å². The summed E-state index contributed by atoms with van der Waals surface area (Å²) < 4.78 is 22.8. The second-order valence-electron chi connectivity index (χ2n) is 19.7. The molecule has 2 aliphatic rings. The molecule has 0 aliphatic carbocycles. The van der Waals surface area contributed by atoms with Crippen LogP contribution in [0.5, 0.6) is 0 Å². The summed E-state index contributed by atoms with van der Waals surface area (Å²) in [5.74, 6) is -0.202. The molecule has 0 aromatic rings. The normalized spacial score (nSPS) is 26.7. The molecule has 66 heavy (non-hydrogen) atoms. The van der Waals surface area contributed by atoms with Crippen LogP contribution in [0.2, 0.25) is 0 Å². The zero-order valence-electron chi connectivity index (χ0n) is 41.7. The summed E-state index contributed by atoms with van der Waals surface area (Å²) in [4.78, 5) is 13.2. The topological polar surface area (TPSA) is 228 Å². The minimum absolute atomic E-state index is 0.202. The van der Waals surface area contributed by atoms with Crippen LogP contribution in [0.15, 0.2) is 0 Å². The van der Waals surface area contributed by atoms with Crippen LogP contribution in [0.4, 0.5) is 0 Å². The van der Waals surface area contributed by atoms with Crippen molar-refractivity contribution in [1.29, 1.82) is 0 Å². The summed E-state index contributed by atoms with van der Waals surface area (Å²) in [5.41, 5.74) is 0. The van der Waals surface area contributed by atoms with Crippen LogP contribution < -0.4 is 5.32 Å². The van der Waals surface area contributed by atoms with Crippen molar-refractivity contribution in [2.45, 2.75) is 306 Å². The highest BCUT2D eigenvalue weighted by molar-refractivity contribution is 5.76. The number of unbranched alkanes of at least 4 members (excludes halogenated alkanes) is 30. The highest BCUT2D eigenvalue weighted by atomic mass is 16.7. The summed E-state index contributed by atoms with van der Waals surface area (Å²) in [6, 6.07) is -0.821. The third-order valence-corrected chi connectivity index (χ3v) is 13.8. The number of carbonyl (C=O) groups excluding carboxylic acids is 1. The number of carbonyl (C=O) groups is 1. The predicted molar refractivity (Wildman–Crippen MR) is 259 cm³/mol. The van der Waals surface area contributed by atoms with Crippen molar-refractivity contribution in [3.63, 3.8) is 0 Å². The third-order valence-electron chi connectivity index (χ3n) is 13.8. The predicted octanol–water partition coefficient (Wildman–Crippen LogP) is 7.78. The van der Waals surface area contributed by atoms with Gasteiger partial charge in [0.1, 0.15) is 48.8 Å². The van der Waals surface area contributed by atoms with Crippen LogP contribution in [0.25, 0.3) is 0 Å². The Kier molecular flexibility index (Phi) is 36.7. The Labute approximate surface area is 400 Å². The van der Waals surface area contributed by atoms with Gasteiger partial charge in [-0.15, -0.1) is 0 Å². The van der Waals surface area contributed by atoms with Crippen molar-refractivity contribution in [3.05, 3.63) is 0 Å². The Bertz CT molecular complexity index is 1120. The molecule has 0 bridgehead atoms. The van der Waals surface area contributed by atoms with Gasteiger partial charge in [-0.25, -0.2) is 0 Å². The Morgan fingerprint density at radius 1 is 0.485 bits per heavy atom. The SMILES string of the molecule is CCCCCCCCCCCCCCCCCCCCCC(=O)N[C@@H](CO[C@@H]1O[C@H](CO)[C@@H](O[C@@H]2O[C@H](CO)[C@H](O)[C@H](O)[C@H]2O)[C@H](O)[C@H]1O)[C@H](O)CCCCCCCCCCCCCCC. The van der Waals surface area contributed by atoms with Crippen LogP contribution in [-0.4, -0.2) is 140 Å². The summed E-state index contributed by atoms with van der Waals surface area (Å²) in [6.07, 6.45) is 23.9. The van der Waals surface area contributed by atoms with E-state index >= 15 is 0 Å². The van der Waals surface area contributed by atoms with Crippen molar-refractivity contribution in [1.82, 2.24) is 5.32 Å². The first-order valence-electron chi connectivity index (χ1n) is 27.3. The molecule has 0 spiro atoms. The minimum Gasteiger partial charge on any atom is -0.394 e. The van der Waals surface area contributed by atoms with E-state index in [1.807, 2.05) is 0 Å². The Hall–Kier alpha value is -1.01. The van der Waals surface area contributed by atoms with Gasteiger partial charge in [0.25, 0.3) is 0 Å². The van der Waals surface area contributed by atoms with Gasteiger partial charge in [-0.05, 0) is 12.8 Å². The van der Waals surface area contributed by atoms with Gasteiger partial charge in [0.15, 0.2) is 12.6 Å². The fraction of sp³-hybridized carbons (Fsp3) is 0.981. The van der Waals surface area contributed by atoms with Crippen LogP contribution in [0.3, 0.4) is 0 Å². The van der Waals surface area contributed by atoms with Gasteiger partial charge in [-0.3, -0.25) is 4.79 Å². The highest BCUT2D eigenvalue weighted by Crippen LogP contribution is 2.30. The standard InChI is InChI=1S/C52H101NO13/c1-3-5-7-9-11-13-15-17-18-19-20-21-22-24-26-28-30-32-34-36-44(57)53-40(41(56)35-33-31-29-27-25-23-16-14-12-10-8-6-4-2)39-63-51-49(62)47(60)50(43(38-55)65-51)66-52-48(61)46(59)45(58)42(37-54)64-52/h40-43,45-52,54-56,58-62H,3-39H2,1-2H3,(H,53,57)/t40-,41+,42+,43+,45-,46-,47+,48+,49+,50+,51+,52-/m0/s1. The van der Waals surface area contributed by atoms with E-state index in [1.54, 1.807) is 0 Å². The van der Waals surface area contributed by atoms with Crippen LogP contribution >= 0.6 is 0 Å².